The third kappa shape index (κ3) is 41.2. The fourth-order valence-electron chi connectivity index (χ4n) is 4.57. The third-order valence-corrected chi connectivity index (χ3v) is 7.96. The van der Waals surface area contributed by atoms with Crippen LogP contribution in [-0.4, -0.2) is 41.0 Å². The molecule has 0 aliphatic heterocycles. The summed E-state index contributed by atoms with van der Waals surface area (Å²) in [7, 11) is -4.79. The van der Waals surface area contributed by atoms with Crippen LogP contribution in [-0.2, 0) is 28.2 Å². The van der Waals surface area contributed by atoms with Gasteiger partial charge in [0.05, 0.1) is 6.61 Å². The number of unbranched alkanes of at least 4 members (excludes halogenated alkanes) is 4. The first-order valence-corrected chi connectivity index (χ1v) is 21.4. The van der Waals surface area contributed by atoms with Crippen LogP contribution in [0.4, 0.5) is 0 Å². The molecule has 302 valence electrons. The fraction of sp³-hybridized carbons (Fsp3) is 0.511. The van der Waals surface area contributed by atoms with Gasteiger partial charge in [-0.1, -0.05) is 148 Å². The van der Waals surface area contributed by atoms with E-state index >= 15 is 0 Å². The normalized spacial score (nSPS) is 13.8. The van der Waals surface area contributed by atoms with Gasteiger partial charge in [0.25, 0.3) is 0 Å². The molecule has 0 heterocycles. The van der Waals surface area contributed by atoms with Crippen LogP contribution in [0.2, 0.25) is 0 Å². The monoisotopic (exact) mass is 768 g/mol. The van der Waals surface area contributed by atoms with Crippen LogP contribution in [0.1, 0.15) is 129 Å². The Labute approximate surface area is 327 Å². The van der Waals surface area contributed by atoms with Gasteiger partial charge in [-0.25, -0.2) is 4.57 Å². The summed E-state index contributed by atoms with van der Waals surface area (Å²) >= 11 is 0. The van der Waals surface area contributed by atoms with Crippen LogP contribution in [0.5, 0.6) is 0 Å². The van der Waals surface area contributed by atoms with Crippen LogP contribution in [0.3, 0.4) is 0 Å². The highest BCUT2D eigenvalue weighted by atomic mass is 31.2. The average Bonchev–Trinajstić information content (AvgIpc) is 3.14. The molecule has 0 aromatic carbocycles. The molecule has 0 radical (unpaired) electrons. The molecule has 0 aliphatic rings. The molecule has 54 heavy (non-hydrogen) atoms. The first-order valence-electron chi connectivity index (χ1n) is 19.8. The molecule has 0 aliphatic carbocycles. The highest BCUT2D eigenvalue weighted by molar-refractivity contribution is 7.46. The molecule has 0 aromatic heterocycles. The van der Waals surface area contributed by atoms with Crippen molar-refractivity contribution >= 4 is 19.8 Å². The van der Waals surface area contributed by atoms with E-state index in [-0.39, 0.29) is 19.4 Å². The summed E-state index contributed by atoms with van der Waals surface area (Å²) in [4.78, 5) is 42.7. The summed E-state index contributed by atoms with van der Waals surface area (Å²) < 4.78 is 26.2. The molecule has 2 N–H and O–H groups in total. The van der Waals surface area contributed by atoms with Crippen molar-refractivity contribution in [2.24, 2.45) is 0 Å². The van der Waals surface area contributed by atoms with Gasteiger partial charge in [0.2, 0.25) is 0 Å². The summed E-state index contributed by atoms with van der Waals surface area (Å²) in [6.07, 6.45) is 56.5. The highest BCUT2D eigenvalue weighted by Crippen LogP contribution is 2.35. The number of phosphoric acid groups is 1. The van der Waals surface area contributed by atoms with E-state index in [1.54, 1.807) is 0 Å². The molecule has 0 bridgehead atoms. The number of carbonyl (C=O) groups is 2. The first-order chi connectivity index (χ1) is 26.3. The van der Waals surface area contributed by atoms with Crippen molar-refractivity contribution in [1.82, 2.24) is 0 Å². The lowest BCUT2D eigenvalue weighted by molar-refractivity contribution is -0.161. The van der Waals surface area contributed by atoms with Gasteiger partial charge in [0.1, 0.15) is 6.61 Å². The minimum absolute atomic E-state index is 0.0671. The van der Waals surface area contributed by atoms with Crippen LogP contribution in [0, 0.1) is 0 Å². The van der Waals surface area contributed by atoms with Crippen LogP contribution in [0.15, 0.2) is 122 Å². The van der Waals surface area contributed by atoms with Crippen LogP contribution in [0.25, 0.3) is 0 Å². The Morgan fingerprint density at radius 2 is 0.907 bits per heavy atom. The van der Waals surface area contributed by atoms with Gasteiger partial charge in [-0.05, 0) is 89.9 Å². The predicted octanol–water partition coefficient (Wildman–Crippen LogP) is 12.2. The van der Waals surface area contributed by atoms with Crippen molar-refractivity contribution in [3.8, 4) is 0 Å². The zero-order valence-corrected chi connectivity index (χ0v) is 34.0. The molecule has 0 amide bonds. The molecule has 0 fully saturated rings. The van der Waals surface area contributed by atoms with Crippen LogP contribution >= 0.6 is 7.82 Å². The molecule has 8 nitrogen and oxygen atoms in total. The van der Waals surface area contributed by atoms with E-state index in [2.05, 4.69) is 122 Å². The summed E-state index contributed by atoms with van der Waals surface area (Å²) in [5.41, 5.74) is 0. The Morgan fingerprint density at radius 1 is 0.500 bits per heavy atom. The lowest BCUT2D eigenvalue weighted by atomic mass is 10.2. The minimum atomic E-state index is -4.79. The molecular weight excluding hydrogens is 699 g/mol. The summed E-state index contributed by atoms with van der Waals surface area (Å²) in [6, 6.07) is 0. The summed E-state index contributed by atoms with van der Waals surface area (Å²) in [6.45, 7) is 3.41. The maximum absolute atomic E-state index is 12.4. The van der Waals surface area contributed by atoms with Crippen molar-refractivity contribution in [3.63, 3.8) is 0 Å². The van der Waals surface area contributed by atoms with E-state index in [0.29, 0.717) is 19.3 Å². The van der Waals surface area contributed by atoms with Gasteiger partial charge in [-0.2, -0.15) is 0 Å². The molecule has 0 rings (SSSR count). The molecule has 0 saturated carbocycles. The van der Waals surface area contributed by atoms with Gasteiger partial charge in [-0.3, -0.25) is 14.1 Å². The Morgan fingerprint density at radius 3 is 1.33 bits per heavy atom. The van der Waals surface area contributed by atoms with Gasteiger partial charge < -0.3 is 19.3 Å². The maximum Gasteiger partial charge on any atom is 0.469 e. The number of ether oxygens (including phenoxy) is 2. The molecular formula is C45H69O8P. The largest absolute Gasteiger partial charge is 0.469 e. The molecule has 0 unspecified atom stereocenters. The van der Waals surface area contributed by atoms with E-state index in [9.17, 15) is 14.2 Å². The fourth-order valence-corrected chi connectivity index (χ4v) is 4.93. The van der Waals surface area contributed by atoms with E-state index < -0.39 is 32.5 Å². The topological polar surface area (TPSA) is 119 Å². The smallest absolute Gasteiger partial charge is 0.462 e. The molecule has 1 atom stereocenters. The predicted molar refractivity (Wildman–Crippen MR) is 225 cm³/mol. The van der Waals surface area contributed by atoms with E-state index in [1.807, 2.05) is 18.2 Å². The number of allylic oxidation sites excluding steroid dienone is 20. The zero-order chi connectivity index (χ0) is 39.6. The average molecular weight is 769 g/mol. The van der Waals surface area contributed by atoms with E-state index in [4.69, 9.17) is 19.3 Å². The van der Waals surface area contributed by atoms with Crippen molar-refractivity contribution in [3.05, 3.63) is 122 Å². The zero-order valence-electron chi connectivity index (χ0n) is 33.1. The second kappa shape index (κ2) is 39.2. The Hall–Kier alpha value is -3.55. The van der Waals surface area contributed by atoms with Gasteiger partial charge in [0.15, 0.2) is 6.10 Å². The number of carbonyl (C=O) groups excluding carboxylic acids is 2. The number of hydrogen-bond donors (Lipinski definition) is 2. The molecule has 9 heteroatoms. The van der Waals surface area contributed by atoms with Gasteiger partial charge in [-0.15, -0.1) is 0 Å². The minimum Gasteiger partial charge on any atom is -0.462 e. The Balaban J connectivity index is 4.21. The lowest BCUT2D eigenvalue weighted by Gasteiger charge is -2.18. The second-order valence-electron chi connectivity index (χ2n) is 12.5. The quantitative estimate of drug-likeness (QED) is 0.0287. The lowest BCUT2D eigenvalue weighted by Crippen LogP contribution is -2.29. The third-order valence-electron chi connectivity index (χ3n) is 7.48. The first kappa shape index (κ1) is 50.5. The second-order valence-corrected chi connectivity index (χ2v) is 13.8. The molecule has 0 spiro atoms. The van der Waals surface area contributed by atoms with Gasteiger partial charge in [0, 0.05) is 12.8 Å². The summed E-state index contributed by atoms with van der Waals surface area (Å²) in [5, 5.41) is 0. The number of rotatable bonds is 34. The van der Waals surface area contributed by atoms with Gasteiger partial charge >= 0.3 is 19.8 Å². The molecule has 0 saturated heterocycles. The SMILES string of the molecule is CC/C=C/C/C=C/C/C=C/C/C=C/C/C=C/C/C=C/CCC(=O)O[C@H](COC(=O)CCC/C=C/C/C=C/C/C=C/C/C=C/CCCCC)COP(=O)(O)O. The Kier molecular flexibility index (Phi) is 36.6. The Bertz CT molecular complexity index is 1280. The number of hydrogen-bond acceptors (Lipinski definition) is 6. The summed E-state index contributed by atoms with van der Waals surface area (Å²) in [5.74, 6) is -1.06. The number of phosphoric ester groups is 1. The van der Waals surface area contributed by atoms with E-state index in [0.717, 1.165) is 64.2 Å². The van der Waals surface area contributed by atoms with Crippen molar-refractivity contribution in [1.29, 1.82) is 0 Å². The van der Waals surface area contributed by atoms with Crippen LogP contribution < -0.4 is 0 Å². The van der Waals surface area contributed by atoms with Crippen molar-refractivity contribution < 1.29 is 37.9 Å². The highest BCUT2D eigenvalue weighted by Gasteiger charge is 2.22. The van der Waals surface area contributed by atoms with Crippen molar-refractivity contribution in [2.45, 2.75) is 136 Å². The molecule has 0 aromatic rings. The number of esters is 2. The van der Waals surface area contributed by atoms with E-state index in [1.165, 1.54) is 19.3 Å². The van der Waals surface area contributed by atoms with Crippen molar-refractivity contribution in [2.75, 3.05) is 13.2 Å². The standard InChI is InChI=1S/C45H69O8P/c1-3-5-7-9-11-13-15-17-19-21-22-24-26-28-30-32-34-36-38-40-45(47)53-43(42-52-54(48,49)50)41-51-44(46)39-37-35-33-31-29-27-25-23-20-18-16-14-12-10-8-6-4-2/h5,7,11-14,17-20,22,24-25,27-28,30-31,33-34,36,43H,3-4,6,8-10,15-16,21,23,26,29,32,35,37-42H2,1-2H3,(H2,48,49,50)/b7-5+,13-11+,14-12+,19-17+,20-18+,24-22+,27-25+,30-28+,33-31+,36-34+/t43-/m1/s1. The maximum atomic E-state index is 12.4.